The number of aromatic nitrogens is 2. The summed E-state index contributed by atoms with van der Waals surface area (Å²) < 4.78 is 32.7. The van der Waals surface area contributed by atoms with Crippen molar-refractivity contribution in [2.24, 2.45) is 0 Å². The van der Waals surface area contributed by atoms with Crippen LogP contribution in [0.25, 0.3) is 22.6 Å². The van der Waals surface area contributed by atoms with Gasteiger partial charge in [-0.3, -0.25) is 0 Å². The third kappa shape index (κ3) is 4.23. The summed E-state index contributed by atoms with van der Waals surface area (Å²) in [5, 5.41) is 11.5. The molecule has 0 bridgehead atoms. The molecule has 7 heteroatoms. The van der Waals surface area contributed by atoms with E-state index in [1.165, 1.54) is 31.4 Å². The number of ether oxygens (including phenoxy) is 1. The third-order valence-corrected chi connectivity index (χ3v) is 4.47. The Kier molecular flexibility index (Phi) is 6.16. The second-order valence-corrected chi connectivity index (χ2v) is 6.45. The van der Waals surface area contributed by atoms with Crippen molar-refractivity contribution in [3.63, 3.8) is 0 Å². The molecule has 0 aliphatic heterocycles. The van der Waals surface area contributed by atoms with Gasteiger partial charge in [-0.25, -0.2) is 18.7 Å². The largest absolute Gasteiger partial charge is 0.494 e. The van der Waals surface area contributed by atoms with Crippen LogP contribution in [0, 0.1) is 17.0 Å². The van der Waals surface area contributed by atoms with Gasteiger partial charge in [-0.15, -0.1) is 0 Å². The molecular formula is C22H22F2N4O. The Hall–Kier alpha value is -3.35. The number of methoxy groups -OCH3 is 1. The molecule has 0 saturated carbocycles. The van der Waals surface area contributed by atoms with E-state index in [4.69, 9.17) is 10.1 Å². The van der Waals surface area contributed by atoms with Gasteiger partial charge in [-0.05, 0) is 48.9 Å². The van der Waals surface area contributed by atoms with Crippen molar-refractivity contribution < 1.29 is 13.5 Å². The van der Waals surface area contributed by atoms with Gasteiger partial charge >= 0.3 is 0 Å². The first-order chi connectivity index (χ1) is 14.0. The monoisotopic (exact) mass is 396 g/mol. The van der Waals surface area contributed by atoms with Crippen molar-refractivity contribution in [2.75, 3.05) is 19.5 Å². The average Bonchev–Trinajstić information content (AvgIpc) is 2.73. The minimum atomic E-state index is -0.515. The van der Waals surface area contributed by atoms with Crippen LogP contribution in [-0.4, -0.2) is 29.8 Å². The first kappa shape index (κ1) is 20.4. The predicted octanol–water partition coefficient (Wildman–Crippen LogP) is 5.31. The van der Waals surface area contributed by atoms with Crippen LogP contribution in [0.4, 0.5) is 14.5 Å². The van der Waals surface area contributed by atoms with Gasteiger partial charge in [-0.2, -0.15) is 0 Å². The van der Waals surface area contributed by atoms with Crippen molar-refractivity contribution in [1.29, 1.82) is 5.41 Å². The molecule has 0 aliphatic carbocycles. The Morgan fingerprint density at radius 1 is 1.07 bits per heavy atom. The second kappa shape index (κ2) is 8.77. The van der Waals surface area contributed by atoms with Gasteiger partial charge in [0.05, 0.1) is 24.2 Å². The van der Waals surface area contributed by atoms with E-state index in [-0.39, 0.29) is 11.6 Å². The van der Waals surface area contributed by atoms with Crippen LogP contribution < -0.4 is 10.1 Å². The topological polar surface area (TPSA) is 70.9 Å². The Bertz CT molecular complexity index is 1040. The summed E-state index contributed by atoms with van der Waals surface area (Å²) >= 11 is 0. The summed E-state index contributed by atoms with van der Waals surface area (Å²) in [6.45, 7) is 1.98. The number of nitrogens with zero attached hydrogens (tertiary/aromatic N) is 2. The van der Waals surface area contributed by atoms with E-state index >= 15 is 0 Å². The summed E-state index contributed by atoms with van der Waals surface area (Å²) in [6.07, 6.45) is 1.31. The molecule has 29 heavy (non-hydrogen) atoms. The van der Waals surface area contributed by atoms with Gasteiger partial charge in [-0.1, -0.05) is 13.3 Å². The number of benzene rings is 2. The van der Waals surface area contributed by atoms with Gasteiger partial charge in [0.15, 0.2) is 17.4 Å². The summed E-state index contributed by atoms with van der Waals surface area (Å²) in [5.41, 5.74) is 2.91. The highest BCUT2D eigenvalue weighted by Crippen LogP contribution is 2.33. The van der Waals surface area contributed by atoms with Gasteiger partial charge < -0.3 is 15.5 Å². The molecule has 0 saturated heterocycles. The van der Waals surface area contributed by atoms with Crippen molar-refractivity contribution in [1.82, 2.24) is 9.97 Å². The fourth-order valence-corrected chi connectivity index (χ4v) is 3.03. The van der Waals surface area contributed by atoms with E-state index in [2.05, 4.69) is 15.3 Å². The van der Waals surface area contributed by atoms with Gasteiger partial charge in [0, 0.05) is 18.2 Å². The van der Waals surface area contributed by atoms with Crippen LogP contribution in [0.15, 0.2) is 42.5 Å². The Labute approximate surface area is 168 Å². The van der Waals surface area contributed by atoms with Crippen LogP contribution in [0.1, 0.15) is 25.5 Å². The van der Waals surface area contributed by atoms with Crippen LogP contribution in [0.2, 0.25) is 0 Å². The lowest BCUT2D eigenvalue weighted by Crippen LogP contribution is -2.11. The molecule has 5 nitrogen and oxygen atoms in total. The van der Waals surface area contributed by atoms with E-state index in [1.807, 2.05) is 6.92 Å². The molecule has 3 aromatic rings. The molecule has 0 unspecified atom stereocenters. The van der Waals surface area contributed by atoms with Crippen molar-refractivity contribution in [3.05, 3.63) is 59.8 Å². The lowest BCUT2D eigenvalue weighted by atomic mass is 10.0. The fourth-order valence-electron chi connectivity index (χ4n) is 3.03. The van der Waals surface area contributed by atoms with Gasteiger partial charge in [0.1, 0.15) is 11.5 Å². The highest BCUT2D eigenvalue weighted by Gasteiger charge is 2.20. The van der Waals surface area contributed by atoms with Crippen LogP contribution in [0.5, 0.6) is 5.75 Å². The SMILES string of the molecule is CCCC(=N)c1nc(-c2ccc(F)cc2)nc(-c2ccc(OC)c(F)c2)c1NC. The molecule has 0 spiro atoms. The quantitative estimate of drug-likeness (QED) is 0.531. The molecule has 3 rings (SSSR count). The maximum atomic E-state index is 14.3. The molecule has 1 heterocycles. The Morgan fingerprint density at radius 2 is 1.76 bits per heavy atom. The lowest BCUT2D eigenvalue weighted by Gasteiger charge is -2.16. The minimum absolute atomic E-state index is 0.131. The molecule has 0 fully saturated rings. The molecule has 0 radical (unpaired) electrons. The number of halogens is 2. The van der Waals surface area contributed by atoms with E-state index in [0.29, 0.717) is 46.2 Å². The minimum Gasteiger partial charge on any atom is -0.494 e. The van der Waals surface area contributed by atoms with Crippen molar-refractivity contribution >= 4 is 11.4 Å². The van der Waals surface area contributed by atoms with Crippen LogP contribution in [0.3, 0.4) is 0 Å². The summed E-state index contributed by atoms with van der Waals surface area (Å²) in [7, 11) is 3.11. The van der Waals surface area contributed by atoms with Gasteiger partial charge in [0.2, 0.25) is 0 Å². The Balaban J connectivity index is 2.26. The highest BCUT2D eigenvalue weighted by molar-refractivity contribution is 6.04. The Morgan fingerprint density at radius 3 is 2.34 bits per heavy atom. The molecule has 0 atom stereocenters. The molecule has 2 aromatic carbocycles. The lowest BCUT2D eigenvalue weighted by molar-refractivity contribution is 0.386. The van der Waals surface area contributed by atoms with E-state index < -0.39 is 5.82 Å². The van der Waals surface area contributed by atoms with E-state index in [9.17, 15) is 8.78 Å². The molecule has 1 aromatic heterocycles. The molecule has 0 amide bonds. The predicted molar refractivity (Wildman–Crippen MR) is 111 cm³/mol. The smallest absolute Gasteiger partial charge is 0.165 e. The highest BCUT2D eigenvalue weighted by atomic mass is 19.1. The van der Waals surface area contributed by atoms with Crippen molar-refractivity contribution in [2.45, 2.75) is 19.8 Å². The fraction of sp³-hybridized carbons (Fsp3) is 0.227. The number of hydrogen-bond donors (Lipinski definition) is 2. The zero-order valence-corrected chi connectivity index (χ0v) is 16.5. The molecule has 0 aliphatic rings. The summed E-state index contributed by atoms with van der Waals surface area (Å²) in [6, 6.07) is 10.4. The molecule has 2 N–H and O–H groups in total. The summed E-state index contributed by atoms with van der Waals surface area (Å²) in [4.78, 5) is 9.18. The number of hydrogen-bond acceptors (Lipinski definition) is 5. The summed E-state index contributed by atoms with van der Waals surface area (Å²) in [5.74, 6) is -0.409. The van der Waals surface area contributed by atoms with E-state index in [1.54, 1.807) is 25.2 Å². The number of anilines is 1. The standard InChI is InChI=1S/C22H22F2N4O/c1-4-5-17(25)20-21(26-2)19(14-8-11-18(29-3)16(24)12-14)27-22(28-20)13-6-9-15(23)10-7-13/h6-12,25-26H,4-5H2,1-3H3. The van der Waals surface area contributed by atoms with Gasteiger partial charge in [0.25, 0.3) is 0 Å². The molecule has 150 valence electrons. The number of rotatable bonds is 7. The zero-order valence-electron chi connectivity index (χ0n) is 16.5. The molecular weight excluding hydrogens is 374 g/mol. The maximum absolute atomic E-state index is 14.3. The first-order valence-electron chi connectivity index (χ1n) is 9.25. The zero-order chi connectivity index (χ0) is 21.0. The third-order valence-electron chi connectivity index (χ3n) is 4.47. The van der Waals surface area contributed by atoms with E-state index in [0.717, 1.165) is 6.42 Å². The van der Waals surface area contributed by atoms with Crippen LogP contribution >= 0.6 is 0 Å². The maximum Gasteiger partial charge on any atom is 0.165 e. The second-order valence-electron chi connectivity index (χ2n) is 6.45. The first-order valence-corrected chi connectivity index (χ1v) is 9.25. The van der Waals surface area contributed by atoms with Crippen LogP contribution in [-0.2, 0) is 0 Å². The number of nitrogens with one attached hydrogen (secondary N) is 2. The normalized spacial score (nSPS) is 10.7. The average molecular weight is 396 g/mol. The van der Waals surface area contributed by atoms with Crippen molar-refractivity contribution in [3.8, 4) is 28.4 Å².